The summed E-state index contributed by atoms with van der Waals surface area (Å²) >= 11 is 0. The number of benzene rings is 3. The van der Waals surface area contributed by atoms with E-state index in [0.29, 0.717) is 11.5 Å². The number of hydrogen-bond acceptors (Lipinski definition) is 7. The van der Waals surface area contributed by atoms with Crippen molar-refractivity contribution < 1.29 is 17.9 Å². The highest BCUT2D eigenvalue weighted by Crippen LogP contribution is 2.46. The van der Waals surface area contributed by atoms with Crippen LogP contribution >= 0.6 is 0 Å². The first kappa shape index (κ1) is 30.5. The summed E-state index contributed by atoms with van der Waals surface area (Å²) in [6.07, 6.45) is 5.13. The normalized spacial score (nSPS) is 14.7. The van der Waals surface area contributed by atoms with Gasteiger partial charge in [-0.2, -0.15) is 0 Å². The van der Waals surface area contributed by atoms with Crippen LogP contribution in [-0.2, 0) is 20.3 Å². The van der Waals surface area contributed by atoms with Crippen LogP contribution < -0.4 is 15.4 Å². The third-order valence-electron chi connectivity index (χ3n) is 8.45. The Balaban J connectivity index is 1.38. The molecule has 1 aliphatic carbocycles. The maximum atomic E-state index is 12.8. The summed E-state index contributed by atoms with van der Waals surface area (Å²) in [6, 6.07) is 27.4. The molecule has 3 N–H and O–H groups in total. The fraction of sp³-hybridized carbons (Fsp3) is 0.250. The smallest absolute Gasteiger partial charge is 0.408 e. The van der Waals surface area contributed by atoms with Gasteiger partial charge in [-0.3, -0.25) is 9.29 Å². The fourth-order valence-corrected chi connectivity index (χ4v) is 6.83. The average molecular weight is 649 g/mol. The summed E-state index contributed by atoms with van der Waals surface area (Å²) in [5.41, 5.74) is 6.37. The summed E-state index contributed by atoms with van der Waals surface area (Å²) in [5.74, 6) is 1.44. The van der Waals surface area contributed by atoms with E-state index in [-0.39, 0.29) is 0 Å². The minimum absolute atomic E-state index is 0.422. The molecule has 1 amide bonds. The molecule has 3 heterocycles. The molecule has 0 atom stereocenters. The number of nitrogens with zero attached hydrogens (tertiary/aromatic N) is 3. The van der Waals surface area contributed by atoms with Crippen LogP contribution in [0.2, 0.25) is 0 Å². The van der Waals surface area contributed by atoms with Crippen LogP contribution in [0, 0.1) is 0 Å². The first-order valence-electron chi connectivity index (χ1n) is 15.5. The minimum Gasteiger partial charge on any atom is -0.444 e. The van der Waals surface area contributed by atoms with Crippen molar-refractivity contribution in [3.05, 3.63) is 96.7 Å². The van der Waals surface area contributed by atoms with Crippen LogP contribution in [-0.4, -0.2) is 40.9 Å². The summed E-state index contributed by atoms with van der Waals surface area (Å²) in [7, 11) is -3.43. The lowest BCUT2D eigenvalue weighted by Gasteiger charge is -2.43. The van der Waals surface area contributed by atoms with E-state index in [0.717, 1.165) is 76.4 Å². The average Bonchev–Trinajstić information content (AvgIpc) is 3.32. The number of ether oxygens (including phenoxy) is 1. The lowest BCUT2D eigenvalue weighted by Crippen LogP contribution is -2.52. The van der Waals surface area contributed by atoms with Gasteiger partial charge in [0.05, 0.1) is 34.6 Å². The van der Waals surface area contributed by atoms with E-state index in [4.69, 9.17) is 9.72 Å². The number of nitrogens with one attached hydrogen (secondary N) is 3. The maximum Gasteiger partial charge on any atom is 0.408 e. The van der Waals surface area contributed by atoms with Gasteiger partial charge in [0.1, 0.15) is 11.4 Å². The van der Waals surface area contributed by atoms with Crippen molar-refractivity contribution in [3.63, 3.8) is 0 Å². The molecule has 7 rings (SSSR count). The van der Waals surface area contributed by atoms with Gasteiger partial charge in [-0.15, -0.1) is 0 Å². The lowest BCUT2D eigenvalue weighted by molar-refractivity contribution is 0.0377. The second-order valence-corrected chi connectivity index (χ2v) is 14.8. The highest BCUT2D eigenvalue weighted by molar-refractivity contribution is 7.92. The molecule has 0 saturated heterocycles. The van der Waals surface area contributed by atoms with Crippen molar-refractivity contribution in [2.75, 3.05) is 16.3 Å². The van der Waals surface area contributed by atoms with Crippen molar-refractivity contribution in [3.8, 4) is 39.6 Å². The molecular weight excluding hydrogens is 613 g/mol. The Kier molecular flexibility index (Phi) is 7.31. The van der Waals surface area contributed by atoms with Crippen LogP contribution in [0.25, 0.3) is 39.6 Å². The van der Waals surface area contributed by atoms with Gasteiger partial charge < -0.3 is 15.4 Å². The first-order valence-corrected chi connectivity index (χ1v) is 17.4. The number of amides is 1. The van der Waals surface area contributed by atoms with E-state index < -0.39 is 27.3 Å². The maximum absolute atomic E-state index is 12.8. The third-order valence-corrected chi connectivity index (χ3v) is 9.05. The van der Waals surface area contributed by atoms with E-state index in [9.17, 15) is 13.2 Å². The Bertz CT molecular complexity index is 2090. The van der Waals surface area contributed by atoms with Crippen LogP contribution in [0.3, 0.4) is 0 Å². The SMILES string of the molecule is CC(C)(C)OC(=O)NC1(c2ccc(-c3c(-c4ccc(NS(C)(=O)=O)cc4)nc4n3-c3cccnc3Nc3ccccc3-4)cc2)CCC1. The summed E-state index contributed by atoms with van der Waals surface area (Å²) in [5, 5.41) is 6.65. The number of carbonyl (C=O) groups excluding carboxylic acids is 1. The molecule has 0 spiro atoms. The molecule has 2 aliphatic rings. The van der Waals surface area contributed by atoms with Gasteiger partial charge in [0, 0.05) is 28.6 Å². The topological polar surface area (TPSA) is 127 Å². The van der Waals surface area contributed by atoms with Gasteiger partial charge in [0.25, 0.3) is 0 Å². The Morgan fingerprint density at radius 3 is 2.30 bits per heavy atom. The quantitative estimate of drug-likeness (QED) is 0.170. The Morgan fingerprint density at radius 1 is 0.936 bits per heavy atom. The number of para-hydroxylation sites is 1. The Hall–Kier alpha value is -5.16. The number of fused-ring (bicyclic) bond motifs is 5. The zero-order valence-electron chi connectivity index (χ0n) is 26.7. The summed E-state index contributed by atoms with van der Waals surface area (Å²) < 4.78 is 34.0. The van der Waals surface area contributed by atoms with Crippen LogP contribution in [0.4, 0.5) is 22.0 Å². The van der Waals surface area contributed by atoms with Crippen molar-refractivity contribution >= 4 is 33.3 Å². The Labute approximate surface area is 274 Å². The number of rotatable bonds is 6. The van der Waals surface area contributed by atoms with Crippen LogP contribution in [0.5, 0.6) is 0 Å². The molecule has 0 bridgehead atoms. The minimum atomic E-state index is -3.43. The largest absolute Gasteiger partial charge is 0.444 e. The zero-order valence-corrected chi connectivity index (χ0v) is 27.5. The number of anilines is 3. The van der Waals surface area contributed by atoms with Crippen molar-refractivity contribution in [1.82, 2.24) is 19.9 Å². The molecule has 11 heteroatoms. The number of carbonyl (C=O) groups is 1. The van der Waals surface area contributed by atoms with E-state index in [1.165, 1.54) is 0 Å². The van der Waals surface area contributed by atoms with Crippen LogP contribution in [0.15, 0.2) is 91.1 Å². The molecule has 0 radical (unpaired) electrons. The molecule has 0 unspecified atom stereocenters. The molecular formula is C36H36N6O4S. The second-order valence-electron chi connectivity index (χ2n) is 13.1. The molecule has 47 heavy (non-hydrogen) atoms. The standard InChI is InChI=1S/C36H36N6O4S/c1-35(2,3)46-34(43)40-36(20-8-21-36)25-16-12-24(13-17-25)31-30(23-14-18-26(19-15-23)41-47(4,44)45)39-33-27-9-5-6-10-28(27)38-32-29(42(31)33)11-7-22-37-32/h5-7,9-19,22,41H,8,20-21H2,1-4H3,(H,37,38)(H,40,43). The highest BCUT2D eigenvalue weighted by atomic mass is 32.2. The van der Waals surface area contributed by atoms with E-state index in [2.05, 4.69) is 49.2 Å². The predicted molar refractivity (Wildman–Crippen MR) is 184 cm³/mol. The van der Waals surface area contributed by atoms with Gasteiger partial charge in [-0.05, 0) is 82.0 Å². The molecule has 1 aliphatic heterocycles. The zero-order chi connectivity index (χ0) is 33.0. The van der Waals surface area contributed by atoms with Gasteiger partial charge in [0.15, 0.2) is 5.82 Å². The van der Waals surface area contributed by atoms with Gasteiger partial charge in [0.2, 0.25) is 10.0 Å². The first-order chi connectivity index (χ1) is 22.4. The van der Waals surface area contributed by atoms with Crippen molar-refractivity contribution in [2.24, 2.45) is 0 Å². The number of alkyl carbamates (subject to hydrolysis) is 1. The van der Waals surface area contributed by atoms with Crippen LogP contribution in [0.1, 0.15) is 45.6 Å². The van der Waals surface area contributed by atoms with Gasteiger partial charge in [-0.25, -0.2) is 23.2 Å². The molecule has 1 saturated carbocycles. The van der Waals surface area contributed by atoms with Gasteiger partial charge >= 0.3 is 6.09 Å². The number of aromatic nitrogens is 3. The Morgan fingerprint density at radius 2 is 1.64 bits per heavy atom. The molecule has 2 aromatic heterocycles. The van der Waals surface area contributed by atoms with E-state index in [1.807, 2.05) is 69.3 Å². The van der Waals surface area contributed by atoms with E-state index in [1.54, 1.807) is 18.3 Å². The van der Waals surface area contributed by atoms with Gasteiger partial charge in [-0.1, -0.05) is 48.5 Å². The monoisotopic (exact) mass is 648 g/mol. The van der Waals surface area contributed by atoms with Crippen molar-refractivity contribution in [2.45, 2.75) is 51.2 Å². The van der Waals surface area contributed by atoms with E-state index >= 15 is 0 Å². The fourth-order valence-electron chi connectivity index (χ4n) is 6.26. The predicted octanol–water partition coefficient (Wildman–Crippen LogP) is 7.60. The lowest BCUT2D eigenvalue weighted by atomic mass is 9.71. The number of imidazole rings is 1. The number of hydrogen-bond donors (Lipinski definition) is 3. The molecule has 3 aromatic carbocycles. The second kappa shape index (κ2) is 11.3. The molecule has 5 aromatic rings. The summed E-state index contributed by atoms with van der Waals surface area (Å²) in [6.45, 7) is 5.58. The number of sulfonamides is 1. The molecule has 10 nitrogen and oxygen atoms in total. The third kappa shape index (κ3) is 5.94. The summed E-state index contributed by atoms with van der Waals surface area (Å²) in [4.78, 5) is 22.7. The molecule has 1 fully saturated rings. The van der Waals surface area contributed by atoms with Crippen molar-refractivity contribution in [1.29, 1.82) is 0 Å². The molecule has 240 valence electrons. The number of pyridine rings is 1. The highest BCUT2D eigenvalue weighted by Gasteiger charge is 2.41.